The lowest BCUT2D eigenvalue weighted by Crippen LogP contribution is -2.31. The van der Waals surface area contributed by atoms with Crippen LogP contribution in [-0.2, 0) is 4.74 Å². The third-order valence-corrected chi connectivity index (χ3v) is 4.09. The molecule has 1 fully saturated rings. The van der Waals surface area contributed by atoms with Crippen molar-refractivity contribution < 1.29 is 9.47 Å². The lowest BCUT2D eigenvalue weighted by molar-refractivity contribution is 0.0599. The summed E-state index contributed by atoms with van der Waals surface area (Å²) < 4.78 is 11.3. The van der Waals surface area contributed by atoms with Gasteiger partial charge in [0.05, 0.1) is 6.61 Å². The summed E-state index contributed by atoms with van der Waals surface area (Å²) in [5.41, 5.74) is 1.25. The second kappa shape index (κ2) is 8.28. The molecule has 112 valence electrons. The molecule has 0 spiro atoms. The molecule has 1 heterocycles. The summed E-state index contributed by atoms with van der Waals surface area (Å²) in [4.78, 5) is 0. The third-order valence-electron chi connectivity index (χ3n) is 4.09. The van der Waals surface area contributed by atoms with Crippen LogP contribution < -0.4 is 10.1 Å². The van der Waals surface area contributed by atoms with Crippen molar-refractivity contribution in [2.24, 2.45) is 5.92 Å². The Morgan fingerprint density at radius 1 is 1.35 bits per heavy atom. The third kappa shape index (κ3) is 5.14. The summed E-state index contributed by atoms with van der Waals surface area (Å²) in [5.74, 6) is 1.78. The summed E-state index contributed by atoms with van der Waals surface area (Å²) in [5, 5.41) is 3.43. The first-order valence-electron chi connectivity index (χ1n) is 7.72. The fourth-order valence-electron chi connectivity index (χ4n) is 2.79. The number of aryl methyl sites for hydroxylation is 1. The SMILES string of the molecule is CNC(CCOc1cccc(C)c1)CC1CCOCC1. The molecule has 3 nitrogen and oxygen atoms in total. The summed E-state index contributed by atoms with van der Waals surface area (Å²) in [6, 6.07) is 8.80. The minimum Gasteiger partial charge on any atom is -0.494 e. The lowest BCUT2D eigenvalue weighted by Gasteiger charge is -2.26. The largest absolute Gasteiger partial charge is 0.494 e. The second-order valence-electron chi connectivity index (χ2n) is 5.73. The molecule has 1 aliphatic rings. The highest BCUT2D eigenvalue weighted by molar-refractivity contribution is 5.27. The highest BCUT2D eigenvalue weighted by atomic mass is 16.5. The van der Waals surface area contributed by atoms with E-state index in [1.54, 1.807) is 0 Å². The van der Waals surface area contributed by atoms with Gasteiger partial charge in [-0.2, -0.15) is 0 Å². The number of ether oxygens (including phenoxy) is 2. The zero-order valence-corrected chi connectivity index (χ0v) is 12.7. The van der Waals surface area contributed by atoms with E-state index in [1.807, 2.05) is 12.1 Å². The number of hydrogen-bond acceptors (Lipinski definition) is 3. The van der Waals surface area contributed by atoms with Crippen LogP contribution in [0, 0.1) is 12.8 Å². The van der Waals surface area contributed by atoms with Crippen LogP contribution in [-0.4, -0.2) is 32.9 Å². The van der Waals surface area contributed by atoms with Gasteiger partial charge in [-0.3, -0.25) is 0 Å². The van der Waals surface area contributed by atoms with Crippen LogP contribution in [0.15, 0.2) is 24.3 Å². The molecule has 1 atom stereocenters. The normalized spacial score (nSPS) is 17.9. The van der Waals surface area contributed by atoms with Crippen molar-refractivity contribution in [1.82, 2.24) is 5.32 Å². The van der Waals surface area contributed by atoms with Gasteiger partial charge < -0.3 is 14.8 Å². The van der Waals surface area contributed by atoms with E-state index in [1.165, 1.54) is 24.8 Å². The smallest absolute Gasteiger partial charge is 0.119 e. The van der Waals surface area contributed by atoms with Gasteiger partial charge in [0, 0.05) is 19.3 Å². The highest BCUT2D eigenvalue weighted by Gasteiger charge is 2.18. The van der Waals surface area contributed by atoms with E-state index < -0.39 is 0 Å². The van der Waals surface area contributed by atoms with Crippen molar-refractivity contribution in [3.8, 4) is 5.75 Å². The van der Waals surface area contributed by atoms with E-state index in [0.29, 0.717) is 6.04 Å². The van der Waals surface area contributed by atoms with Crippen molar-refractivity contribution in [2.75, 3.05) is 26.9 Å². The van der Waals surface area contributed by atoms with Crippen LogP contribution in [0.25, 0.3) is 0 Å². The maximum atomic E-state index is 5.84. The van der Waals surface area contributed by atoms with Gasteiger partial charge in [-0.25, -0.2) is 0 Å². The minimum absolute atomic E-state index is 0.544. The summed E-state index contributed by atoms with van der Waals surface area (Å²) in [6.07, 6.45) is 4.70. The fourth-order valence-corrected chi connectivity index (χ4v) is 2.79. The van der Waals surface area contributed by atoms with Gasteiger partial charge in [-0.1, -0.05) is 12.1 Å². The van der Waals surface area contributed by atoms with Crippen molar-refractivity contribution in [1.29, 1.82) is 0 Å². The summed E-state index contributed by atoms with van der Waals surface area (Å²) in [6.45, 7) is 4.73. The Hall–Kier alpha value is -1.06. The van der Waals surface area contributed by atoms with Crippen LogP contribution >= 0.6 is 0 Å². The number of hydrogen-bond donors (Lipinski definition) is 1. The topological polar surface area (TPSA) is 30.5 Å². The van der Waals surface area contributed by atoms with E-state index in [0.717, 1.165) is 37.9 Å². The van der Waals surface area contributed by atoms with Crippen LogP contribution in [0.4, 0.5) is 0 Å². The molecule has 1 aliphatic heterocycles. The maximum Gasteiger partial charge on any atom is 0.119 e. The molecule has 0 bridgehead atoms. The molecular formula is C17H27NO2. The zero-order valence-electron chi connectivity index (χ0n) is 12.7. The molecule has 0 aromatic heterocycles. The average Bonchev–Trinajstić information content (AvgIpc) is 2.47. The molecule has 1 aromatic carbocycles. The Morgan fingerprint density at radius 3 is 2.85 bits per heavy atom. The first-order valence-corrected chi connectivity index (χ1v) is 7.72. The molecule has 1 saturated heterocycles. The number of rotatable bonds is 7. The van der Waals surface area contributed by atoms with Gasteiger partial charge in [0.1, 0.15) is 5.75 Å². The monoisotopic (exact) mass is 277 g/mol. The fraction of sp³-hybridized carbons (Fsp3) is 0.647. The zero-order chi connectivity index (χ0) is 14.2. The molecule has 20 heavy (non-hydrogen) atoms. The van der Waals surface area contributed by atoms with Gasteiger partial charge in [0.2, 0.25) is 0 Å². The van der Waals surface area contributed by atoms with Crippen LogP contribution in [0.3, 0.4) is 0 Å². The molecule has 2 rings (SSSR count). The first kappa shape index (κ1) is 15.3. The molecule has 3 heteroatoms. The van der Waals surface area contributed by atoms with Crippen molar-refractivity contribution in [3.05, 3.63) is 29.8 Å². The van der Waals surface area contributed by atoms with Crippen LogP contribution in [0.5, 0.6) is 5.75 Å². The quantitative estimate of drug-likeness (QED) is 0.830. The van der Waals surface area contributed by atoms with Gasteiger partial charge in [-0.05, 0) is 63.3 Å². The maximum absolute atomic E-state index is 5.84. The van der Waals surface area contributed by atoms with E-state index >= 15 is 0 Å². The predicted octanol–water partition coefficient (Wildman–Crippen LogP) is 3.17. The number of benzene rings is 1. The molecular weight excluding hydrogens is 250 g/mol. The summed E-state index contributed by atoms with van der Waals surface area (Å²) >= 11 is 0. The van der Waals surface area contributed by atoms with E-state index in [2.05, 4.69) is 31.4 Å². The van der Waals surface area contributed by atoms with Gasteiger partial charge in [0.15, 0.2) is 0 Å². The first-order chi connectivity index (χ1) is 9.78. The Morgan fingerprint density at radius 2 is 2.15 bits per heavy atom. The molecule has 0 saturated carbocycles. The average molecular weight is 277 g/mol. The van der Waals surface area contributed by atoms with E-state index in [4.69, 9.17) is 9.47 Å². The highest BCUT2D eigenvalue weighted by Crippen LogP contribution is 2.21. The van der Waals surface area contributed by atoms with Crippen LogP contribution in [0.1, 0.15) is 31.2 Å². The Labute approximate surface area is 122 Å². The Balaban J connectivity index is 1.70. The van der Waals surface area contributed by atoms with E-state index in [-0.39, 0.29) is 0 Å². The summed E-state index contributed by atoms with van der Waals surface area (Å²) in [7, 11) is 2.05. The molecule has 1 unspecified atom stereocenters. The molecule has 0 radical (unpaired) electrons. The van der Waals surface area contributed by atoms with Gasteiger partial charge in [-0.15, -0.1) is 0 Å². The predicted molar refractivity (Wildman–Crippen MR) is 82.3 cm³/mol. The van der Waals surface area contributed by atoms with Crippen molar-refractivity contribution in [3.63, 3.8) is 0 Å². The van der Waals surface area contributed by atoms with Crippen LogP contribution in [0.2, 0.25) is 0 Å². The van der Waals surface area contributed by atoms with Gasteiger partial charge >= 0.3 is 0 Å². The van der Waals surface area contributed by atoms with Gasteiger partial charge in [0.25, 0.3) is 0 Å². The molecule has 1 N–H and O–H groups in total. The van der Waals surface area contributed by atoms with Crippen molar-refractivity contribution >= 4 is 0 Å². The Bertz CT molecular complexity index is 388. The molecule has 1 aromatic rings. The molecule has 0 aliphatic carbocycles. The number of nitrogens with one attached hydrogen (secondary N) is 1. The standard InChI is InChI=1S/C17H27NO2/c1-14-4-3-5-17(12-14)20-11-8-16(18-2)13-15-6-9-19-10-7-15/h3-5,12,15-16,18H,6-11,13H2,1-2H3. The Kier molecular flexibility index (Phi) is 6.34. The minimum atomic E-state index is 0.544. The second-order valence-corrected chi connectivity index (χ2v) is 5.73. The van der Waals surface area contributed by atoms with Crippen molar-refractivity contribution in [2.45, 2.75) is 38.6 Å². The lowest BCUT2D eigenvalue weighted by atomic mass is 9.91. The molecule has 0 amide bonds. The van der Waals surface area contributed by atoms with E-state index in [9.17, 15) is 0 Å².